The van der Waals surface area contributed by atoms with E-state index in [4.69, 9.17) is 4.74 Å². The van der Waals surface area contributed by atoms with Crippen LogP contribution < -0.4 is 5.69 Å². The van der Waals surface area contributed by atoms with Crippen molar-refractivity contribution in [3.05, 3.63) is 46.4 Å². The molecule has 2 aromatic heterocycles. The number of fused-ring (bicyclic) bond motifs is 1. The molecule has 1 amide bonds. The lowest BCUT2D eigenvalue weighted by Gasteiger charge is -2.32. The third-order valence-electron chi connectivity index (χ3n) is 6.06. The van der Waals surface area contributed by atoms with Gasteiger partial charge in [0.05, 0.1) is 30.5 Å². The van der Waals surface area contributed by atoms with E-state index in [1.54, 1.807) is 13.4 Å². The molecule has 0 radical (unpaired) electrons. The fourth-order valence-electron chi connectivity index (χ4n) is 4.34. The first-order valence-electron chi connectivity index (χ1n) is 10.6. The van der Waals surface area contributed by atoms with E-state index in [2.05, 4.69) is 15.1 Å². The summed E-state index contributed by atoms with van der Waals surface area (Å²) in [6.45, 7) is 2.19. The summed E-state index contributed by atoms with van der Waals surface area (Å²) in [4.78, 5) is 35.2. The Morgan fingerprint density at radius 3 is 2.97 bits per heavy atom. The van der Waals surface area contributed by atoms with E-state index < -0.39 is 0 Å². The molecule has 1 aliphatic carbocycles. The second kappa shape index (κ2) is 7.71. The lowest BCUT2D eigenvalue weighted by atomic mass is 9.96. The summed E-state index contributed by atoms with van der Waals surface area (Å²) >= 11 is 0. The third kappa shape index (κ3) is 3.43. The first-order chi connectivity index (χ1) is 14.7. The van der Waals surface area contributed by atoms with Crippen LogP contribution in [-0.2, 0) is 11.3 Å². The van der Waals surface area contributed by atoms with E-state index in [-0.39, 0.29) is 23.6 Å². The molecule has 5 rings (SSSR count). The summed E-state index contributed by atoms with van der Waals surface area (Å²) in [5, 5.41) is 4.67. The Hall–Kier alpha value is -2.94. The second-order valence-electron chi connectivity index (χ2n) is 8.18. The highest BCUT2D eigenvalue weighted by atomic mass is 16.5. The molecule has 9 heteroatoms. The number of carbonyl (C=O) groups excluding carboxylic acids is 1. The number of likely N-dealkylation sites (tertiary alicyclic amines) is 1. The Morgan fingerprint density at radius 2 is 2.17 bits per heavy atom. The highest BCUT2D eigenvalue weighted by molar-refractivity contribution is 5.97. The summed E-state index contributed by atoms with van der Waals surface area (Å²) in [5.74, 6) is 0.895. The van der Waals surface area contributed by atoms with Gasteiger partial charge in [-0.3, -0.25) is 9.36 Å². The molecule has 158 valence electrons. The van der Waals surface area contributed by atoms with E-state index >= 15 is 0 Å². The number of imidazole rings is 1. The number of ether oxygens (including phenoxy) is 1. The van der Waals surface area contributed by atoms with Crippen LogP contribution in [0.5, 0.6) is 0 Å². The van der Waals surface area contributed by atoms with Gasteiger partial charge >= 0.3 is 5.69 Å². The summed E-state index contributed by atoms with van der Waals surface area (Å²) < 4.78 is 8.51. The van der Waals surface area contributed by atoms with Crippen molar-refractivity contribution in [2.75, 3.05) is 26.8 Å². The predicted octanol–water partition coefficient (Wildman–Crippen LogP) is 1.92. The van der Waals surface area contributed by atoms with Gasteiger partial charge in [-0.25, -0.2) is 14.5 Å². The topological polar surface area (TPSA) is 98.0 Å². The number of nitrogens with one attached hydrogen (secondary N) is 1. The van der Waals surface area contributed by atoms with Crippen LogP contribution in [0.2, 0.25) is 0 Å². The molecule has 1 aliphatic heterocycles. The van der Waals surface area contributed by atoms with Crippen LogP contribution in [0.3, 0.4) is 0 Å². The van der Waals surface area contributed by atoms with Crippen LogP contribution in [0.25, 0.3) is 11.0 Å². The quantitative estimate of drug-likeness (QED) is 0.670. The van der Waals surface area contributed by atoms with Crippen LogP contribution in [-0.4, -0.2) is 61.9 Å². The van der Waals surface area contributed by atoms with Crippen LogP contribution in [0.4, 0.5) is 0 Å². The first kappa shape index (κ1) is 19.0. The maximum Gasteiger partial charge on any atom is 0.346 e. The van der Waals surface area contributed by atoms with Crippen LogP contribution in [0.1, 0.15) is 53.8 Å². The van der Waals surface area contributed by atoms with E-state index in [0.29, 0.717) is 31.8 Å². The Balaban J connectivity index is 1.40. The first-order valence-corrected chi connectivity index (χ1v) is 10.6. The Morgan fingerprint density at radius 1 is 1.30 bits per heavy atom. The van der Waals surface area contributed by atoms with E-state index in [9.17, 15) is 9.59 Å². The van der Waals surface area contributed by atoms with Gasteiger partial charge in [0.2, 0.25) is 0 Å². The molecule has 3 aromatic rings. The Labute approximate surface area is 173 Å². The Kier molecular flexibility index (Phi) is 4.90. The molecular weight excluding hydrogens is 384 g/mol. The number of hydrogen-bond donors (Lipinski definition) is 1. The van der Waals surface area contributed by atoms with Crippen molar-refractivity contribution in [1.29, 1.82) is 0 Å². The molecule has 2 fully saturated rings. The molecule has 3 heterocycles. The molecule has 30 heavy (non-hydrogen) atoms. The second-order valence-corrected chi connectivity index (χ2v) is 8.18. The molecule has 0 spiro atoms. The lowest BCUT2D eigenvalue weighted by Crippen LogP contribution is -2.40. The van der Waals surface area contributed by atoms with Crippen molar-refractivity contribution in [1.82, 2.24) is 29.2 Å². The van der Waals surface area contributed by atoms with Crippen LogP contribution in [0, 0.1) is 0 Å². The summed E-state index contributed by atoms with van der Waals surface area (Å²) in [6, 6.07) is 5.79. The zero-order valence-electron chi connectivity index (χ0n) is 17.1. The monoisotopic (exact) mass is 410 g/mol. The van der Waals surface area contributed by atoms with Gasteiger partial charge in [0, 0.05) is 37.7 Å². The molecule has 1 saturated heterocycles. The third-order valence-corrected chi connectivity index (χ3v) is 6.06. The number of amides is 1. The smallest absolute Gasteiger partial charge is 0.346 e. The van der Waals surface area contributed by atoms with Crippen molar-refractivity contribution in [3.63, 3.8) is 0 Å². The molecule has 1 atom stereocenters. The molecule has 2 aliphatic rings. The van der Waals surface area contributed by atoms with Gasteiger partial charge in [0.15, 0.2) is 0 Å². The molecule has 1 N–H and O–H groups in total. The van der Waals surface area contributed by atoms with Gasteiger partial charge in [-0.1, -0.05) is 0 Å². The van der Waals surface area contributed by atoms with Crippen LogP contribution in [0.15, 0.2) is 29.3 Å². The summed E-state index contributed by atoms with van der Waals surface area (Å²) in [5.41, 5.74) is 2.29. The number of H-pyrrole nitrogens is 1. The number of carbonyl (C=O) groups is 1. The maximum atomic E-state index is 13.2. The number of methoxy groups -OCH3 is 1. The minimum Gasteiger partial charge on any atom is -0.383 e. The van der Waals surface area contributed by atoms with Crippen molar-refractivity contribution < 1.29 is 9.53 Å². The van der Waals surface area contributed by atoms with Crippen molar-refractivity contribution in [2.45, 2.75) is 44.2 Å². The lowest BCUT2D eigenvalue weighted by molar-refractivity contribution is 0.0703. The minimum atomic E-state index is -0.0577. The molecule has 9 nitrogen and oxygen atoms in total. The number of benzene rings is 1. The number of aromatic amines is 1. The Bertz CT molecular complexity index is 1130. The maximum absolute atomic E-state index is 13.2. The van der Waals surface area contributed by atoms with Crippen molar-refractivity contribution >= 4 is 16.9 Å². The average Bonchev–Trinajstić information content (AvgIpc) is 3.40. The summed E-state index contributed by atoms with van der Waals surface area (Å²) in [6.07, 6.45) is 5.49. The normalized spacial score (nSPS) is 19.5. The van der Waals surface area contributed by atoms with Gasteiger partial charge in [-0.15, -0.1) is 0 Å². The van der Waals surface area contributed by atoms with Gasteiger partial charge < -0.3 is 14.6 Å². The number of hydrogen-bond acceptors (Lipinski definition) is 5. The SMILES string of the molecule is COCCn1nc(C2CCCN(C(=O)c3ccc4nc[nH]c4c3)C2)n(C2CC2)c1=O. The average molecular weight is 410 g/mol. The zero-order valence-corrected chi connectivity index (χ0v) is 17.1. The van der Waals surface area contributed by atoms with Crippen molar-refractivity contribution in [3.8, 4) is 0 Å². The number of nitrogens with zero attached hydrogens (tertiary/aromatic N) is 5. The standard InChI is InChI=1S/C21H26N6O3/c1-30-10-9-26-21(29)27(16-5-6-16)19(24-26)15-3-2-8-25(12-15)20(28)14-4-7-17-18(11-14)23-13-22-17/h4,7,11,13,15-16H,2-3,5-6,8-10,12H2,1H3,(H,22,23). The largest absolute Gasteiger partial charge is 0.383 e. The zero-order chi connectivity index (χ0) is 20.7. The fraction of sp³-hybridized carbons (Fsp3) is 0.524. The van der Waals surface area contributed by atoms with E-state index in [1.165, 1.54) is 4.68 Å². The number of rotatable bonds is 6. The fourth-order valence-corrected chi connectivity index (χ4v) is 4.34. The molecular formula is C21H26N6O3. The minimum absolute atomic E-state index is 0.00957. The predicted molar refractivity (Wildman–Crippen MR) is 111 cm³/mol. The molecule has 1 aromatic carbocycles. The highest BCUT2D eigenvalue weighted by Gasteiger charge is 2.35. The van der Waals surface area contributed by atoms with Crippen LogP contribution >= 0.6 is 0 Å². The van der Waals surface area contributed by atoms with Crippen molar-refractivity contribution in [2.24, 2.45) is 0 Å². The number of piperidine rings is 1. The van der Waals surface area contributed by atoms with Gasteiger partial charge in [0.25, 0.3) is 5.91 Å². The molecule has 1 unspecified atom stereocenters. The number of aromatic nitrogens is 5. The van der Waals surface area contributed by atoms with E-state index in [1.807, 2.05) is 27.7 Å². The summed E-state index contributed by atoms with van der Waals surface area (Å²) in [7, 11) is 1.62. The van der Waals surface area contributed by atoms with E-state index in [0.717, 1.165) is 42.5 Å². The highest BCUT2D eigenvalue weighted by Crippen LogP contribution is 2.37. The van der Waals surface area contributed by atoms with Gasteiger partial charge in [0.1, 0.15) is 5.82 Å². The van der Waals surface area contributed by atoms with Gasteiger partial charge in [-0.05, 0) is 43.9 Å². The van der Waals surface area contributed by atoms with Gasteiger partial charge in [-0.2, -0.15) is 5.10 Å². The molecule has 0 bridgehead atoms. The molecule has 1 saturated carbocycles.